The second-order valence-electron chi connectivity index (χ2n) is 6.54. The maximum atomic E-state index is 11.8. The van der Waals surface area contributed by atoms with Crippen molar-refractivity contribution in [1.29, 1.82) is 0 Å². The first-order valence-electron chi connectivity index (χ1n) is 6.87. The predicted molar refractivity (Wildman–Crippen MR) is 70.1 cm³/mol. The number of aliphatic hydroxyl groups is 2. The fourth-order valence-electron chi connectivity index (χ4n) is 3.53. The normalized spacial score (nSPS) is 36.3. The average molecular weight is 252 g/mol. The fourth-order valence-corrected chi connectivity index (χ4v) is 3.53. The molecule has 3 atom stereocenters. The minimum Gasteiger partial charge on any atom is -0.393 e. The van der Waals surface area contributed by atoms with Crippen LogP contribution in [0.2, 0.25) is 0 Å². The summed E-state index contributed by atoms with van der Waals surface area (Å²) in [6, 6.07) is 0. The van der Waals surface area contributed by atoms with Gasteiger partial charge in [0.05, 0.1) is 12.2 Å². The molecule has 1 fully saturated rings. The SMILES string of the molecule is CC1=C2C[C@H](C(C)(O)CO)CC[C@@]2(C)CCC1=O. The van der Waals surface area contributed by atoms with Crippen LogP contribution in [-0.2, 0) is 4.79 Å². The molecule has 1 unspecified atom stereocenters. The highest BCUT2D eigenvalue weighted by atomic mass is 16.3. The Kier molecular flexibility index (Phi) is 3.41. The van der Waals surface area contributed by atoms with E-state index in [1.165, 1.54) is 5.57 Å². The van der Waals surface area contributed by atoms with Gasteiger partial charge in [0.2, 0.25) is 0 Å². The van der Waals surface area contributed by atoms with Crippen LogP contribution < -0.4 is 0 Å². The summed E-state index contributed by atoms with van der Waals surface area (Å²) in [6.07, 6.45) is 4.28. The maximum Gasteiger partial charge on any atom is 0.158 e. The van der Waals surface area contributed by atoms with E-state index in [1.54, 1.807) is 6.92 Å². The van der Waals surface area contributed by atoms with Crippen LogP contribution in [0.15, 0.2) is 11.1 Å². The standard InChI is InChI=1S/C15H24O3/c1-10-12-8-11(15(3,18)9-16)4-6-14(12,2)7-5-13(10)17/h11,16,18H,4-9H2,1-3H3/t11-,14+,15?/m1/s1. The molecule has 102 valence electrons. The van der Waals surface area contributed by atoms with Gasteiger partial charge in [-0.3, -0.25) is 4.79 Å². The summed E-state index contributed by atoms with van der Waals surface area (Å²) >= 11 is 0. The molecule has 0 spiro atoms. The molecule has 1 saturated carbocycles. The van der Waals surface area contributed by atoms with Gasteiger partial charge in [0.25, 0.3) is 0 Å². The number of hydrogen-bond acceptors (Lipinski definition) is 3. The molecule has 0 heterocycles. The van der Waals surface area contributed by atoms with Crippen molar-refractivity contribution in [3.8, 4) is 0 Å². The first kappa shape index (κ1) is 13.8. The first-order valence-corrected chi connectivity index (χ1v) is 6.87. The highest BCUT2D eigenvalue weighted by molar-refractivity contribution is 5.96. The van der Waals surface area contributed by atoms with E-state index in [0.29, 0.717) is 6.42 Å². The zero-order valence-electron chi connectivity index (χ0n) is 11.6. The summed E-state index contributed by atoms with van der Waals surface area (Å²) in [5, 5.41) is 19.5. The molecule has 0 aromatic heterocycles. The molecule has 2 aliphatic carbocycles. The van der Waals surface area contributed by atoms with E-state index >= 15 is 0 Å². The van der Waals surface area contributed by atoms with Crippen molar-refractivity contribution in [1.82, 2.24) is 0 Å². The van der Waals surface area contributed by atoms with Gasteiger partial charge in [-0.25, -0.2) is 0 Å². The largest absolute Gasteiger partial charge is 0.393 e. The number of Topliss-reactive ketones (excluding diaryl/α,β-unsaturated/α-hetero) is 1. The van der Waals surface area contributed by atoms with E-state index in [9.17, 15) is 15.0 Å². The molecule has 0 saturated heterocycles. The van der Waals surface area contributed by atoms with E-state index in [4.69, 9.17) is 0 Å². The third-order valence-corrected chi connectivity index (χ3v) is 5.20. The van der Waals surface area contributed by atoms with Gasteiger partial charge in [0, 0.05) is 6.42 Å². The second kappa shape index (κ2) is 4.46. The van der Waals surface area contributed by atoms with Crippen LogP contribution >= 0.6 is 0 Å². The lowest BCUT2D eigenvalue weighted by Gasteiger charge is -2.46. The second-order valence-corrected chi connectivity index (χ2v) is 6.54. The van der Waals surface area contributed by atoms with Gasteiger partial charge >= 0.3 is 0 Å². The fraction of sp³-hybridized carbons (Fsp3) is 0.800. The van der Waals surface area contributed by atoms with Gasteiger partial charge < -0.3 is 10.2 Å². The number of ketones is 1. The lowest BCUT2D eigenvalue weighted by Crippen LogP contribution is -2.44. The van der Waals surface area contributed by atoms with Crippen LogP contribution in [-0.4, -0.2) is 28.2 Å². The van der Waals surface area contributed by atoms with Crippen LogP contribution in [0, 0.1) is 11.3 Å². The summed E-state index contributed by atoms with van der Waals surface area (Å²) in [7, 11) is 0. The highest BCUT2D eigenvalue weighted by Crippen LogP contribution is 2.51. The van der Waals surface area contributed by atoms with Crippen molar-refractivity contribution in [2.24, 2.45) is 11.3 Å². The molecule has 3 nitrogen and oxygen atoms in total. The summed E-state index contributed by atoms with van der Waals surface area (Å²) < 4.78 is 0. The number of carbonyl (C=O) groups excluding carboxylic acids is 1. The number of rotatable bonds is 2. The molecule has 0 bridgehead atoms. The van der Waals surface area contributed by atoms with Gasteiger partial charge in [-0.1, -0.05) is 12.5 Å². The molecule has 0 aliphatic heterocycles. The summed E-state index contributed by atoms with van der Waals surface area (Å²) in [5.74, 6) is 0.318. The molecule has 18 heavy (non-hydrogen) atoms. The quantitative estimate of drug-likeness (QED) is 0.792. The van der Waals surface area contributed by atoms with Crippen LogP contribution in [0.3, 0.4) is 0 Å². The van der Waals surface area contributed by atoms with E-state index in [0.717, 1.165) is 31.3 Å². The Hall–Kier alpha value is -0.670. The average Bonchev–Trinajstić information content (AvgIpc) is 2.34. The molecular weight excluding hydrogens is 228 g/mol. The Morgan fingerprint density at radius 3 is 2.72 bits per heavy atom. The van der Waals surface area contributed by atoms with Crippen LogP contribution in [0.1, 0.15) is 52.9 Å². The Bertz CT molecular complexity index is 395. The summed E-state index contributed by atoms with van der Waals surface area (Å²) in [4.78, 5) is 11.8. The smallest absolute Gasteiger partial charge is 0.158 e. The monoisotopic (exact) mass is 252 g/mol. The topological polar surface area (TPSA) is 57.5 Å². The zero-order valence-corrected chi connectivity index (χ0v) is 11.6. The Balaban J connectivity index is 2.30. The molecular formula is C15H24O3. The lowest BCUT2D eigenvalue weighted by atomic mass is 9.59. The first-order chi connectivity index (χ1) is 8.30. The van der Waals surface area contributed by atoms with Crippen molar-refractivity contribution >= 4 is 5.78 Å². The number of carbonyl (C=O) groups is 1. The van der Waals surface area contributed by atoms with Crippen LogP contribution in [0.5, 0.6) is 0 Å². The number of aliphatic hydroxyl groups excluding tert-OH is 1. The van der Waals surface area contributed by atoms with Crippen LogP contribution in [0.25, 0.3) is 0 Å². The maximum absolute atomic E-state index is 11.8. The number of fused-ring (bicyclic) bond motifs is 1. The van der Waals surface area contributed by atoms with E-state index < -0.39 is 5.60 Å². The third kappa shape index (κ3) is 2.14. The number of allylic oxidation sites excluding steroid dienone is 2. The highest BCUT2D eigenvalue weighted by Gasteiger charge is 2.44. The van der Waals surface area contributed by atoms with Gasteiger partial charge in [0.1, 0.15) is 0 Å². The van der Waals surface area contributed by atoms with Crippen LogP contribution in [0.4, 0.5) is 0 Å². The van der Waals surface area contributed by atoms with Crippen molar-refractivity contribution in [3.63, 3.8) is 0 Å². The van der Waals surface area contributed by atoms with Gasteiger partial charge in [-0.2, -0.15) is 0 Å². The lowest BCUT2D eigenvalue weighted by molar-refractivity contribution is -0.117. The van der Waals surface area contributed by atoms with Crippen molar-refractivity contribution in [3.05, 3.63) is 11.1 Å². The van der Waals surface area contributed by atoms with Gasteiger partial charge in [-0.05, 0) is 56.4 Å². The molecule has 0 aromatic carbocycles. The Labute approximate surface area is 109 Å². The molecule has 0 radical (unpaired) electrons. The van der Waals surface area contributed by atoms with E-state index in [-0.39, 0.29) is 23.7 Å². The van der Waals surface area contributed by atoms with Crippen molar-refractivity contribution < 1.29 is 15.0 Å². The minimum atomic E-state index is -1.03. The molecule has 0 amide bonds. The minimum absolute atomic E-state index is 0.0615. The van der Waals surface area contributed by atoms with Crippen molar-refractivity contribution in [2.75, 3.05) is 6.61 Å². The Morgan fingerprint density at radius 1 is 1.44 bits per heavy atom. The van der Waals surface area contributed by atoms with Gasteiger partial charge in [-0.15, -0.1) is 0 Å². The molecule has 2 aliphatic rings. The molecule has 2 N–H and O–H groups in total. The summed E-state index contributed by atoms with van der Waals surface area (Å²) in [6.45, 7) is 5.64. The molecule has 2 rings (SSSR count). The van der Waals surface area contributed by atoms with Gasteiger partial charge in [0.15, 0.2) is 5.78 Å². The Morgan fingerprint density at radius 2 is 2.11 bits per heavy atom. The van der Waals surface area contributed by atoms with E-state index in [2.05, 4.69) is 6.92 Å². The van der Waals surface area contributed by atoms with Crippen molar-refractivity contribution in [2.45, 2.75) is 58.5 Å². The van der Waals surface area contributed by atoms with E-state index in [1.807, 2.05) is 6.92 Å². The predicted octanol–water partition coefficient (Wildman–Crippen LogP) is 2.22. The third-order valence-electron chi connectivity index (χ3n) is 5.20. The molecule has 3 heteroatoms. The molecule has 0 aromatic rings. The zero-order chi connectivity index (χ0) is 13.6. The summed E-state index contributed by atoms with van der Waals surface area (Å²) in [5.41, 5.74) is 1.24. The number of hydrogen-bond donors (Lipinski definition) is 2.